The van der Waals surface area contributed by atoms with E-state index in [4.69, 9.17) is 80.5 Å². The third-order valence-corrected chi connectivity index (χ3v) is 19.9. The topological polar surface area (TPSA) is 730 Å². The molecule has 9 rings (SSSR count). The van der Waals surface area contributed by atoms with Crippen LogP contribution in [0, 0.1) is 0 Å². The van der Waals surface area contributed by atoms with Crippen molar-refractivity contribution in [3.63, 3.8) is 0 Å². The van der Waals surface area contributed by atoms with Crippen molar-refractivity contribution in [2.45, 2.75) is 311 Å². The zero-order valence-corrected chi connectivity index (χ0v) is 57.8. The van der Waals surface area contributed by atoms with Crippen LogP contribution in [-0.2, 0) is 94.9 Å². The summed E-state index contributed by atoms with van der Waals surface area (Å²) in [5, 5.41) is 271. The first-order valence-electron chi connectivity index (χ1n) is 34.4. The highest BCUT2D eigenvalue weighted by molar-refractivity contribution is 5.74. The van der Waals surface area contributed by atoms with Gasteiger partial charge in [0, 0.05) is 20.8 Å². The van der Waals surface area contributed by atoms with Crippen LogP contribution in [0.3, 0.4) is 0 Å². The van der Waals surface area contributed by atoms with E-state index in [-0.39, 0.29) is 0 Å². The van der Waals surface area contributed by atoms with Gasteiger partial charge in [-0.15, -0.1) is 0 Å². The molecule has 9 saturated heterocycles. The van der Waals surface area contributed by atoms with Crippen molar-refractivity contribution < 1.29 is 217 Å². The Morgan fingerprint density at radius 3 is 0.897 bits per heavy atom. The zero-order valence-electron chi connectivity index (χ0n) is 57.8. The molecule has 47 heteroatoms. The van der Waals surface area contributed by atoms with E-state index in [9.17, 15) is 137 Å². The highest BCUT2D eigenvalue weighted by atomic mass is 16.8. The third-order valence-electron chi connectivity index (χ3n) is 19.9. The second-order valence-electron chi connectivity index (χ2n) is 27.4. The molecule has 0 aliphatic carbocycles. The van der Waals surface area contributed by atoms with Gasteiger partial charge in [-0.1, -0.05) is 0 Å². The van der Waals surface area contributed by atoms with Crippen LogP contribution in [-0.4, -0.2) is 463 Å². The Labute approximate surface area is 606 Å². The largest absolute Gasteiger partial charge is 0.394 e. The molecule has 1 unspecified atom stereocenters. The standard InChI is InChI=1S/C60H101N3O44/c1-13-28(73)35(80)39(84)56(92-13)104-48-26(62-16(4)71)53(99-22(10-68)45(48)101-58-41(86)37(82)30(75)18(6-64)96-58)106-50-32(77)20(8-66)95-55(43(50)88)91-12-24-34(79)47(25(52(90)94-24)61-15(3)70)103-60-44(89)51(33(78)21(9-67)98-60)107-54-27(63-17(5)72)49(105-57-40(85)36(81)29(74)14(2)93-57)46(23(11-69)100-54)102-59-42(87)38(83)31(76)19(7-65)97-59/h13-14,18-60,64-69,73-90H,6-12H2,1-5H3,(H,61,70)(H,62,71)(H,63,72)/t13-,14-,18+,19+,20+,21+,22+,23+,24+,25+,26+,27+,28+,29+,30-,31-,32-,33-,34-,35+,36+,37-,38-,39-,40-,41+,42+,43+,44+,45+,46+,47+,48+,49+,50-,51-,52?,53-,54-,55+,56-,57-,58-,59-,60-/m0/s1. The number of hydrogen-bond donors (Lipinski definition) is 27. The van der Waals surface area contributed by atoms with Gasteiger partial charge in [0.25, 0.3) is 0 Å². The highest BCUT2D eigenvalue weighted by Gasteiger charge is 2.61. The lowest BCUT2D eigenvalue weighted by Gasteiger charge is -2.52. The Kier molecular flexibility index (Phi) is 31.0. The molecule has 0 bridgehead atoms. The molecule has 0 aromatic rings. The van der Waals surface area contributed by atoms with Crippen LogP contribution in [0.1, 0.15) is 34.6 Å². The maximum absolute atomic E-state index is 13.2. The predicted molar refractivity (Wildman–Crippen MR) is 329 cm³/mol. The number of nitrogens with one attached hydrogen (secondary N) is 3. The second-order valence-corrected chi connectivity index (χ2v) is 27.4. The monoisotopic (exact) mass is 1570 g/mol. The molecule has 47 nitrogen and oxygen atoms in total. The van der Waals surface area contributed by atoms with Gasteiger partial charge in [-0.3, -0.25) is 14.4 Å². The normalized spacial score (nSPS) is 50.7. The number of hydrogen-bond acceptors (Lipinski definition) is 44. The summed E-state index contributed by atoms with van der Waals surface area (Å²) in [6.45, 7) is -2.03. The Bertz CT molecular complexity index is 2800. The van der Waals surface area contributed by atoms with Gasteiger partial charge in [-0.05, 0) is 13.8 Å². The fourth-order valence-corrected chi connectivity index (χ4v) is 13.9. The van der Waals surface area contributed by atoms with Gasteiger partial charge in [-0.25, -0.2) is 0 Å². The van der Waals surface area contributed by atoms with E-state index in [1.165, 1.54) is 13.8 Å². The van der Waals surface area contributed by atoms with Gasteiger partial charge in [0.15, 0.2) is 56.6 Å². The van der Waals surface area contributed by atoms with Crippen molar-refractivity contribution in [1.82, 2.24) is 16.0 Å². The maximum atomic E-state index is 13.2. The summed E-state index contributed by atoms with van der Waals surface area (Å²) in [6.07, 6.45) is -83.2. The van der Waals surface area contributed by atoms with Crippen molar-refractivity contribution in [3.8, 4) is 0 Å². The van der Waals surface area contributed by atoms with E-state index in [1.54, 1.807) is 0 Å². The quantitative estimate of drug-likeness (QED) is 0.0382. The molecule has 620 valence electrons. The predicted octanol–water partition coefficient (Wildman–Crippen LogP) is -18.1. The van der Waals surface area contributed by atoms with E-state index >= 15 is 0 Å². The molecule has 45 atom stereocenters. The Hall–Kier alpha value is -3.23. The summed E-state index contributed by atoms with van der Waals surface area (Å²) in [7, 11) is 0. The van der Waals surface area contributed by atoms with Crippen LogP contribution in [0.5, 0.6) is 0 Å². The molecule has 0 aromatic heterocycles. The fraction of sp³-hybridized carbons (Fsp3) is 0.950. The minimum Gasteiger partial charge on any atom is -0.394 e. The number of aliphatic hydroxyl groups excluding tert-OH is 24. The lowest BCUT2D eigenvalue weighted by atomic mass is 9.93. The van der Waals surface area contributed by atoms with Crippen LogP contribution in [0.4, 0.5) is 0 Å². The minimum atomic E-state index is -2.40. The molecule has 9 fully saturated rings. The summed E-state index contributed by atoms with van der Waals surface area (Å²) in [4.78, 5) is 39.2. The smallest absolute Gasteiger partial charge is 0.217 e. The summed E-state index contributed by atoms with van der Waals surface area (Å²) in [5.41, 5.74) is 0. The summed E-state index contributed by atoms with van der Waals surface area (Å²) in [6, 6.07) is -5.67. The molecule has 0 radical (unpaired) electrons. The van der Waals surface area contributed by atoms with Crippen LogP contribution >= 0.6 is 0 Å². The van der Waals surface area contributed by atoms with Crippen molar-refractivity contribution in [2.75, 3.05) is 46.2 Å². The average molecular weight is 1570 g/mol. The Morgan fingerprint density at radius 1 is 0.262 bits per heavy atom. The number of carbonyl (C=O) groups is 3. The zero-order chi connectivity index (χ0) is 78.8. The Balaban J connectivity index is 0.965. The summed E-state index contributed by atoms with van der Waals surface area (Å²) in [5.74, 6) is -2.78. The third kappa shape index (κ3) is 19.1. The molecular formula is C60H101N3O44. The molecule has 9 aliphatic rings. The number of ether oxygens (including phenoxy) is 17. The van der Waals surface area contributed by atoms with E-state index < -0.39 is 340 Å². The van der Waals surface area contributed by atoms with Gasteiger partial charge in [0.2, 0.25) is 17.7 Å². The van der Waals surface area contributed by atoms with E-state index in [2.05, 4.69) is 16.0 Å². The number of amides is 3. The molecule has 0 spiro atoms. The molecular weight excluding hydrogens is 1470 g/mol. The maximum Gasteiger partial charge on any atom is 0.217 e. The van der Waals surface area contributed by atoms with Crippen LogP contribution in [0.2, 0.25) is 0 Å². The minimum absolute atomic E-state index is 0.911. The van der Waals surface area contributed by atoms with Crippen molar-refractivity contribution in [3.05, 3.63) is 0 Å². The van der Waals surface area contributed by atoms with Gasteiger partial charge < -0.3 is 219 Å². The van der Waals surface area contributed by atoms with Crippen LogP contribution in [0.25, 0.3) is 0 Å². The fourth-order valence-electron chi connectivity index (χ4n) is 13.9. The number of rotatable bonds is 26. The molecule has 107 heavy (non-hydrogen) atoms. The van der Waals surface area contributed by atoms with Crippen LogP contribution < -0.4 is 16.0 Å². The summed E-state index contributed by atoms with van der Waals surface area (Å²) < 4.78 is 101. The first-order chi connectivity index (χ1) is 50.5. The molecule has 0 aromatic carbocycles. The Morgan fingerprint density at radius 2 is 0.533 bits per heavy atom. The molecule has 0 saturated carbocycles. The van der Waals surface area contributed by atoms with Gasteiger partial charge in [-0.2, -0.15) is 0 Å². The lowest BCUT2D eigenvalue weighted by molar-refractivity contribution is -0.390. The molecule has 3 amide bonds. The van der Waals surface area contributed by atoms with Gasteiger partial charge in [0.05, 0.1) is 58.5 Å². The number of carbonyl (C=O) groups excluding carboxylic acids is 3. The molecule has 9 heterocycles. The average Bonchev–Trinajstić information content (AvgIpc) is 0.764. The van der Waals surface area contributed by atoms with Gasteiger partial charge in [0.1, 0.15) is 207 Å². The van der Waals surface area contributed by atoms with E-state index in [1.807, 2.05) is 0 Å². The van der Waals surface area contributed by atoms with Crippen molar-refractivity contribution in [1.29, 1.82) is 0 Å². The first kappa shape index (κ1) is 87.7. The van der Waals surface area contributed by atoms with Gasteiger partial charge >= 0.3 is 0 Å². The number of aliphatic hydroxyl groups is 24. The second kappa shape index (κ2) is 37.8. The molecule has 9 aliphatic heterocycles. The van der Waals surface area contributed by atoms with E-state index in [0.29, 0.717) is 0 Å². The SMILES string of the molecule is CC(=O)N[C@H]1[C@H](O[C@H]2[C@@H](O)[C@@H](CO)O[C@@H](OC[C@H]3OC(O)[C@H](NC(C)=O)[C@@H](O[C@@H]4O[C@H](CO)[C@H](O)[C@H](O[C@@H]5O[C@H](CO)[C@@H](O[C@@H]6O[C@H](CO)[C@H](O)[C@H](O)[C@H]6O)[C@H](O[C@@H]6O[C@@H](C)[C@@H](O)[C@@H](O)[C@@H]6O)[C@H]5NC(C)=O)[C@H]4O)[C@H]3O)[C@@H]2O)O[C@H](CO)[C@@H](O[C@@H]2O[C@H](CO)[C@H](O)[C@H](O)[C@H]2O)[C@@H]1O[C@@H]1O[C@@H](C)[C@@H](O)[C@@H](O)[C@@H]1O. The van der Waals surface area contributed by atoms with E-state index in [0.717, 1.165) is 20.8 Å². The first-order valence-corrected chi connectivity index (χ1v) is 34.4. The molecule has 27 N–H and O–H groups in total. The lowest BCUT2D eigenvalue weighted by Crippen LogP contribution is -2.71. The summed E-state index contributed by atoms with van der Waals surface area (Å²) >= 11 is 0. The van der Waals surface area contributed by atoms with Crippen molar-refractivity contribution >= 4 is 17.7 Å². The van der Waals surface area contributed by atoms with Crippen molar-refractivity contribution in [2.24, 2.45) is 0 Å². The van der Waals surface area contributed by atoms with Crippen LogP contribution in [0.15, 0.2) is 0 Å². The highest BCUT2D eigenvalue weighted by Crippen LogP contribution is 2.40.